The highest BCUT2D eigenvalue weighted by Crippen LogP contribution is 2.28. The van der Waals surface area contributed by atoms with Crippen LogP contribution >= 0.6 is 39.1 Å². The van der Waals surface area contributed by atoms with Gasteiger partial charge in [0.25, 0.3) is 0 Å². The summed E-state index contributed by atoms with van der Waals surface area (Å²) in [6.45, 7) is 4.00. The van der Waals surface area contributed by atoms with E-state index in [0.717, 1.165) is 0 Å². The van der Waals surface area contributed by atoms with Crippen LogP contribution in [0, 0.1) is 0 Å². The molecule has 1 N–H and O–H groups in total. The van der Waals surface area contributed by atoms with Crippen LogP contribution < -0.4 is 0 Å². The van der Waals surface area contributed by atoms with E-state index in [9.17, 15) is 4.79 Å². The van der Waals surface area contributed by atoms with Crippen molar-refractivity contribution in [3.8, 4) is 0 Å². The first-order chi connectivity index (χ1) is 6.52. The van der Waals surface area contributed by atoms with E-state index in [1.54, 1.807) is 0 Å². The first-order valence-electron chi connectivity index (χ1n) is 3.90. The lowest BCUT2D eigenvalue weighted by Gasteiger charge is -2.01. The number of carbonyl (C=O) groups is 1. The van der Waals surface area contributed by atoms with Gasteiger partial charge in [0.2, 0.25) is 0 Å². The van der Waals surface area contributed by atoms with Crippen LogP contribution in [0.3, 0.4) is 0 Å². The molecule has 0 aromatic heterocycles. The monoisotopic (exact) mass is 298 g/mol. The Balaban J connectivity index is 0.000000791. The average Bonchev–Trinajstić information content (AvgIpc) is 2.04. The van der Waals surface area contributed by atoms with E-state index in [0.29, 0.717) is 4.47 Å². The van der Waals surface area contributed by atoms with Gasteiger partial charge in [-0.3, -0.25) is 0 Å². The normalized spacial score (nSPS) is 8.93. The fraction of sp³-hybridized carbons (Fsp3) is 0.222. The molecule has 1 rings (SSSR count). The van der Waals surface area contributed by atoms with Gasteiger partial charge in [-0.15, -0.1) is 0 Å². The Hall–Kier alpha value is -0.250. The largest absolute Gasteiger partial charge is 0.478 e. The molecule has 1 aromatic rings. The highest BCUT2D eigenvalue weighted by molar-refractivity contribution is 9.10. The molecule has 1 aromatic carbocycles. The molecule has 0 fully saturated rings. The molecule has 0 heterocycles. The number of benzene rings is 1. The van der Waals surface area contributed by atoms with Gasteiger partial charge >= 0.3 is 5.97 Å². The fourth-order valence-corrected chi connectivity index (χ4v) is 2.12. The van der Waals surface area contributed by atoms with Gasteiger partial charge in [0.15, 0.2) is 0 Å². The first-order valence-corrected chi connectivity index (χ1v) is 5.45. The Kier molecular flexibility index (Phi) is 6.16. The third kappa shape index (κ3) is 3.48. The van der Waals surface area contributed by atoms with Crippen LogP contribution in [-0.4, -0.2) is 11.1 Å². The molecular formula is C9H9BrCl2O2. The van der Waals surface area contributed by atoms with Crippen molar-refractivity contribution < 1.29 is 9.90 Å². The van der Waals surface area contributed by atoms with Crippen molar-refractivity contribution in [3.05, 3.63) is 32.2 Å². The quantitative estimate of drug-likeness (QED) is 0.830. The van der Waals surface area contributed by atoms with Crippen LogP contribution in [0.25, 0.3) is 0 Å². The lowest BCUT2D eigenvalue weighted by molar-refractivity contribution is 0.0697. The Labute approximate surface area is 101 Å². The number of hydrogen-bond donors (Lipinski definition) is 1. The van der Waals surface area contributed by atoms with E-state index in [1.807, 2.05) is 13.8 Å². The average molecular weight is 300 g/mol. The van der Waals surface area contributed by atoms with E-state index in [-0.39, 0.29) is 15.6 Å². The topological polar surface area (TPSA) is 37.3 Å². The maximum atomic E-state index is 10.6. The zero-order chi connectivity index (χ0) is 11.3. The van der Waals surface area contributed by atoms with Crippen molar-refractivity contribution in [1.29, 1.82) is 0 Å². The number of rotatable bonds is 1. The molecule has 0 atom stereocenters. The fourth-order valence-electron chi connectivity index (χ4n) is 0.747. The van der Waals surface area contributed by atoms with Gasteiger partial charge in [-0.1, -0.05) is 53.0 Å². The zero-order valence-electron chi connectivity index (χ0n) is 7.64. The zero-order valence-corrected chi connectivity index (χ0v) is 10.7. The molecule has 0 unspecified atom stereocenters. The highest BCUT2D eigenvalue weighted by Gasteiger charge is 2.13. The summed E-state index contributed by atoms with van der Waals surface area (Å²) in [5.41, 5.74) is -0.0680. The maximum absolute atomic E-state index is 10.6. The predicted octanol–water partition coefficient (Wildman–Crippen LogP) is 4.48. The summed E-state index contributed by atoms with van der Waals surface area (Å²) in [7, 11) is 0. The van der Waals surface area contributed by atoms with Crippen molar-refractivity contribution in [2.45, 2.75) is 13.8 Å². The molecule has 0 spiro atoms. The molecule has 0 aliphatic rings. The minimum absolute atomic E-state index is 0.0680. The van der Waals surface area contributed by atoms with Crippen molar-refractivity contribution in [3.63, 3.8) is 0 Å². The molecule has 0 saturated carbocycles. The van der Waals surface area contributed by atoms with Crippen LogP contribution in [-0.2, 0) is 0 Å². The second-order valence-electron chi connectivity index (χ2n) is 2.05. The third-order valence-electron chi connectivity index (χ3n) is 1.22. The van der Waals surface area contributed by atoms with Crippen LogP contribution in [0.4, 0.5) is 0 Å². The lowest BCUT2D eigenvalue weighted by Crippen LogP contribution is -1.98. The van der Waals surface area contributed by atoms with Crippen molar-refractivity contribution in [1.82, 2.24) is 0 Å². The van der Waals surface area contributed by atoms with Gasteiger partial charge in [0, 0.05) is 4.47 Å². The molecule has 2 nitrogen and oxygen atoms in total. The van der Waals surface area contributed by atoms with E-state index in [4.69, 9.17) is 28.3 Å². The summed E-state index contributed by atoms with van der Waals surface area (Å²) in [6, 6.07) is 2.97. The van der Waals surface area contributed by atoms with E-state index in [1.165, 1.54) is 12.1 Å². The number of carboxylic acids is 1. The van der Waals surface area contributed by atoms with Gasteiger partial charge < -0.3 is 5.11 Å². The molecule has 0 aliphatic carbocycles. The van der Waals surface area contributed by atoms with Gasteiger partial charge in [-0.25, -0.2) is 4.79 Å². The van der Waals surface area contributed by atoms with Gasteiger partial charge in [0.1, 0.15) is 0 Å². The van der Waals surface area contributed by atoms with Crippen molar-refractivity contribution in [2.75, 3.05) is 0 Å². The summed E-state index contributed by atoms with van der Waals surface area (Å²) >= 11 is 14.4. The van der Waals surface area contributed by atoms with E-state index in [2.05, 4.69) is 15.9 Å². The van der Waals surface area contributed by atoms with Gasteiger partial charge in [0.05, 0.1) is 15.6 Å². The number of aromatic carboxylic acids is 1. The van der Waals surface area contributed by atoms with E-state index < -0.39 is 5.97 Å². The summed E-state index contributed by atoms with van der Waals surface area (Å²) in [4.78, 5) is 10.6. The van der Waals surface area contributed by atoms with Gasteiger partial charge in [-0.2, -0.15) is 0 Å². The predicted molar refractivity (Wildman–Crippen MR) is 62.5 cm³/mol. The minimum atomic E-state index is -1.13. The Morgan fingerprint density at radius 3 is 1.93 bits per heavy atom. The summed E-state index contributed by atoms with van der Waals surface area (Å²) in [5.74, 6) is -1.13. The van der Waals surface area contributed by atoms with Crippen LogP contribution in [0.5, 0.6) is 0 Å². The number of halogens is 3. The summed E-state index contributed by atoms with van der Waals surface area (Å²) in [6.07, 6.45) is 0. The summed E-state index contributed by atoms with van der Waals surface area (Å²) in [5, 5.41) is 8.91. The van der Waals surface area contributed by atoms with E-state index >= 15 is 0 Å². The Morgan fingerprint density at radius 2 is 1.64 bits per heavy atom. The molecule has 0 bridgehead atoms. The number of carboxylic acid groups (broad SMARTS) is 1. The molecular weight excluding hydrogens is 291 g/mol. The molecule has 14 heavy (non-hydrogen) atoms. The second-order valence-corrected chi connectivity index (χ2v) is 3.78. The third-order valence-corrected chi connectivity index (χ3v) is 2.27. The van der Waals surface area contributed by atoms with Crippen LogP contribution in [0.1, 0.15) is 24.2 Å². The SMILES string of the molecule is CC.O=C(O)c1c(Cl)cc(Br)cc1Cl. The Bertz CT molecular complexity index is 317. The van der Waals surface area contributed by atoms with Crippen LogP contribution in [0.15, 0.2) is 16.6 Å². The summed E-state index contributed by atoms with van der Waals surface area (Å²) < 4.78 is 0.655. The van der Waals surface area contributed by atoms with Crippen molar-refractivity contribution >= 4 is 45.1 Å². The molecule has 0 amide bonds. The standard InChI is InChI=1S/C7H3BrCl2O2.C2H6/c8-3-1-4(9)6(7(11)12)5(10)2-3;1-2/h1-2H,(H,11,12);1-2H3. The molecule has 5 heteroatoms. The second kappa shape index (κ2) is 6.27. The first kappa shape index (κ1) is 13.8. The van der Waals surface area contributed by atoms with Gasteiger partial charge in [-0.05, 0) is 12.1 Å². The molecule has 0 radical (unpaired) electrons. The maximum Gasteiger partial charge on any atom is 0.338 e. The Morgan fingerprint density at radius 1 is 1.29 bits per heavy atom. The molecule has 0 saturated heterocycles. The highest BCUT2D eigenvalue weighted by atomic mass is 79.9. The lowest BCUT2D eigenvalue weighted by atomic mass is 10.2. The number of hydrogen-bond acceptors (Lipinski definition) is 1. The minimum Gasteiger partial charge on any atom is -0.478 e. The smallest absolute Gasteiger partial charge is 0.338 e. The molecule has 0 aliphatic heterocycles. The van der Waals surface area contributed by atoms with Crippen molar-refractivity contribution in [2.24, 2.45) is 0 Å². The molecule has 78 valence electrons. The van der Waals surface area contributed by atoms with Crippen LogP contribution in [0.2, 0.25) is 10.0 Å².